The summed E-state index contributed by atoms with van der Waals surface area (Å²) in [5.74, 6) is -0.543. The third-order valence-corrected chi connectivity index (χ3v) is 8.87. The average molecular weight is 554 g/mol. The van der Waals surface area contributed by atoms with Crippen LogP contribution >= 0.6 is 11.6 Å². The van der Waals surface area contributed by atoms with Crippen molar-refractivity contribution in [3.63, 3.8) is 0 Å². The zero-order chi connectivity index (χ0) is 27.3. The van der Waals surface area contributed by atoms with Crippen LogP contribution in [0, 0.1) is 0 Å². The Bertz CT molecular complexity index is 1380. The van der Waals surface area contributed by atoms with Crippen molar-refractivity contribution in [1.29, 1.82) is 0 Å². The first-order chi connectivity index (χ1) is 18.1. The lowest BCUT2D eigenvalue weighted by Crippen LogP contribution is -2.48. The molecule has 1 aliphatic heterocycles. The van der Waals surface area contributed by atoms with Crippen molar-refractivity contribution in [3.05, 3.63) is 101 Å². The van der Waals surface area contributed by atoms with Crippen LogP contribution < -0.4 is 10.6 Å². The van der Waals surface area contributed by atoms with Crippen LogP contribution in [0.2, 0.25) is 5.02 Å². The van der Waals surface area contributed by atoms with Gasteiger partial charge >= 0.3 is 0 Å². The van der Waals surface area contributed by atoms with Crippen molar-refractivity contribution in [2.75, 3.05) is 6.54 Å². The molecule has 2 amide bonds. The van der Waals surface area contributed by atoms with Gasteiger partial charge in [-0.3, -0.25) is 9.59 Å². The number of halogens is 1. The Morgan fingerprint density at radius 1 is 1.00 bits per heavy atom. The van der Waals surface area contributed by atoms with E-state index in [2.05, 4.69) is 10.6 Å². The predicted octanol–water partition coefficient (Wildman–Crippen LogP) is 4.86. The summed E-state index contributed by atoms with van der Waals surface area (Å²) in [6.45, 7) is 4.38. The Hall–Kier alpha value is -3.20. The van der Waals surface area contributed by atoms with Crippen LogP contribution in [0.4, 0.5) is 0 Å². The predicted molar refractivity (Wildman–Crippen MR) is 148 cm³/mol. The second kappa shape index (κ2) is 11.7. The highest BCUT2D eigenvalue weighted by molar-refractivity contribution is 7.89. The van der Waals surface area contributed by atoms with Crippen molar-refractivity contribution in [1.82, 2.24) is 14.9 Å². The van der Waals surface area contributed by atoms with Gasteiger partial charge in [0.05, 0.1) is 10.4 Å². The Kier molecular flexibility index (Phi) is 8.55. The zero-order valence-corrected chi connectivity index (χ0v) is 23.1. The number of sulfonamides is 1. The van der Waals surface area contributed by atoms with Gasteiger partial charge in [-0.25, -0.2) is 8.42 Å². The lowest BCUT2D eigenvalue weighted by molar-refractivity contribution is -0.124. The maximum atomic E-state index is 13.7. The Balaban J connectivity index is 1.58. The molecule has 200 valence electrons. The maximum Gasteiger partial charge on any atom is 0.251 e. The number of carbonyl (C=O) groups is 2. The van der Waals surface area contributed by atoms with Gasteiger partial charge in [-0.2, -0.15) is 4.31 Å². The summed E-state index contributed by atoms with van der Waals surface area (Å²) in [5, 5.41) is 6.31. The topological polar surface area (TPSA) is 95.6 Å². The first kappa shape index (κ1) is 27.8. The summed E-state index contributed by atoms with van der Waals surface area (Å²) in [6, 6.07) is 21.6. The number of benzene rings is 3. The van der Waals surface area contributed by atoms with Gasteiger partial charge in [-0.15, -0.1) is 0 Å². The fourth-order valence-corrected chi connectivity index (χ4v) is 6.26. The molecule has 1 fully saturated rings. The molecule has 7 nitrogen and oxygen atoms in total. The monoisotopic (exact) mass is 553 g/mol. The van der Waals surface area contributed by atoms with Gasteiger partial charge in [0.25, 0.3) is 5.91 Å². The molecule has 0 aliphatic carbocycles. The van der Waals surface area contributed by atoms with Crippen LogP contribution in [-0.2, 0) is 26.9 Å². The fraction of sp³-hybridized carbons (Fsp3) is 0.310. The Morgan fingerprint density at radius 3 is 2.32 bits per heavy atom. The van der Waals surface area contributed by atoms with Crippen molar-refractivity contribution in [3.8, 4) is 0 Å². The van der Waals surface area contributed by atoms with Crippen LogP contribution in [0.3, 0.4) is 0 Å². The van der Waals surface area contributed by atoms with Gasteiger partial charge < -0.3 is 10.6 Å². The van der Waals surface area contributed by atoms with Crippen LogP contribution in [0.25, 0.3) is 0 Å². The molecule has 38 heavy (non-hydrogen) atoms. The molecule has 0 spiro atoms. The molecule has 3 aromatic carbocycles. The van der Waals surface area contributed by atoms with Crippen LogP contribution in [-0.4, -0.2) is 37.1 Å². The number of hydrogen-bond donors (Lipinski definition) is 2. The molecule has 0 bridgehead atoms. The number of nitrogens with zero attached hydrogens (tertiary/aromatic N) is 1. The van der Waals surface area contributed by atoms with E-state index in [4.69, 9.17) is 11.6 Å². The number of nitrogens with one attached hydrogen (secondary N) is 2. The lowest BCUT2D eigenvalue weighted by atomic mass is 9.94. The summed E-state index contributed by atoms with van der Waals surface area (Å²) >= 11 is 5.97. The highest BCUT2D eigenvalue weighted by Gasteiger charge is 2.36. The first-order valence-corrected chi connectivity index (χ1v) is 14.4. The first-order valence-electron chi connectivity index (χ1n) is 12.6. The van der Waals surface area contributed by atoms with Gasteiger partial charge in [-0.1, -0.05) is 54.1 Å². The smallest absolute Gasteiger partial charge is 0.251 e. The van der Waals surface area contributed by atoms with Crippen LogP contribution in [0.5, 0.6) is 0 Å². The minimum atomic E-state index is -4.01. The molecule has 1 aliphatic rings. The molecular weight excluding hydrogens is 522 g/mol. The second-order valence-electron chi connectivity index (χ2n) is 9.95. The molecule has 1 heterocycles. The van der Waals surface area contributed by atoms with E-state index in [0.29, 0.717) is 29.1 Å². The fourth-order valence-electron chi connectivity index (χ4n) is 4.53. The molecule has 9 heteroatoms. The number of rotatable bonds is 8. The van der Waals surface area contributed by atoms with Crippen LogP contribution in [0.15, 0.2) is 83.8 Å². The van der Waals surface area contributed by atoms with E-state index in [0.717, 1.165) is 18.4 Å². The van der Waals surface area contributed by atoms with Gasteiger partial charge in [0.15, 0.2) is 0 Å². The van der Waals surface area contributed by atoms with Crippen molar-refractivity contribution < 1.29 is 18.0 Å². The van der Waals surface area contributed by atoms with Gasteiger partial charge in [0.2, 0.25) is 15.9 Å². The van der Waals surface area contributed by atoms with Gasteiger partial charge in [-0.05, 0) is 80.6 Å². The summed E-state index contributed by atoms with van der Waals surface area (Å²) in [4.78, 5) is 25.9. The van der Waals surface area contributed by atoms with E-state index in [9.17, 15) is 18.0 Å². The summed E-state index contributed by atoms with van der Waals surface area (Å²) in [7, 11) is -4.01. The summed E-state index contributed by atoms with van der Waals surface area (Å²) in [6.07, 6.45) is 1.94. The zero-order valence-electron chi connectivity index (χ0n) is 21.5. The second-order valence-corrected chi connectivity index (χ2v) is 12.3. The van der Waals surface area contributed by atoms with E-state index in [1.807, 2.05) is 44.2 Å². The standard InChI is InChI=1S/C29H32ClN3O4S/c1-29(2,23-8-4-3-5-9-23)32-27(34)22-13-11-21(12-14-22)20-33(26-10-6-7-19-31-28(26)35)38(36,37)25-17-15-24(30)16-18-25/h3-5,8-9,11-18,26H,6-7,10,19-20H2,1-2H3,(H,31,35)(H,32,34)/t26-/m1/s1. The minimum Gasteiger partial charge on any atom is -0.355 e. The normalized spacial score (nSPS) is 16.5. The quantitative estimate of drug-likeness (QED) is 0.416. The molecule has 0 unspecified atom stereocenters. The molecule has 4 rings (SSSR count). The van der Waals surface area contributed by atoms with E-state index in [-0.39, 0.29) is 23.3 Å². The average Bonchev–Trinajstić information content (AvgIpc) is 3.12. The highest BCUT2D eigenvalue weighted by Crippen LogP contribution is 2.26. The summed E-state index contributed by atoms with van der Waals surface area (Å²) in [5.41, 5.74) is 1.53. The third kappa shape index (κ3) is 6.43. The van der Waals surface area contributed by atoms with Gasteiger partial charge in [0, 0.05) is 23.7 Å². The molecule has 0 aromatic heterocycles. The van der Waals surface area contributed by atoms with Crippen molar-refractivity contribution in [2.45, 2.75) is 56.1 Å². The molecule has 2 N–H and O–H groups in total. The largest absolute Gasteiger partial charge is 0.355 e. The molecule has 0 saturated carbocycles. The third-order valence-electron chi connectivity index (χ3n) is 6.75. The lowest BCUT2D eigenvalue weighted by Gasteiger charge is -2.29. The van der Waals surface area contributed by atoms with Gasteiger partial charge in [0.1, 0.15) is 6.04 Å². The SMILES string of the molecule is CC(C)(NC(=O)c1ccc(CN([C@@H]2CCCCNC2=O)S(=O)(=O)c2ccc(Cl)cc2)cc1)c1ccccc1. The molecule has 1 saturated heterocycles. The van der Waals surface area contributed by atoms with E-state index < -0.39 is 21.6 Å². The summed E-state index contributed by atoms with van der Waals surface area (Å²) < 4.78 is 28.7. The number of amides is 2. The molecule has 0 radical (unpaired) electrons. The van der Waals surface area contributed by atoms with Crippen LogP contribution in [0.1, 0.15) is 54.6 Å². The minimum absolute atomic E-state index is 0.0134. The Labute approximate surface area is 229 Å². The van der Waals surface area contributed by atoms with Crippen molar-refractivity contribution in [2.24, 2.45) is 0 Å². The molecule has 1 atom stereocenters. The van der Waals surface area contributed by atoms with Crippen molar-refractivity contribution >= 4 is 33.4 Å². The molecule has 3 aromatic rings. The number of carbonyl (C=O) groups excluding carboxylic acids is 2. The Morgan fingerprint density at radius 2 is 1.66 bits per heavy atom. The van der Waals surface area contributed by atoms with E-state index in [1.165, 1.54) is 28.6 Å². The van der Waals surface area contributed by atoms with E-state index >= 15 is 0 Å². The van der Waals surface area contributed by atoms with E-state index in [1.54, 1.807) is 24.3 Å². The number of hydrogen-bond acceptors (Lipinski definition) is 4. The highest BCUT2D eigenvalue weighted by atomic mass is 35.5. The molecular formula is C29H32ClN3O4S. The maximum absolute atomic E-state index is 13.7.